The molecule has 1 heterocycles. The van der Waals surface area contributed by atoms with E-state index in [2.05, 4.69) is 43.5 Å². The molecule has 20 heavy (non-hydrogen) atoms. The van der Waals surface area contributed by atoms with E-state index in [1.807, 2.05) is 12.1 Å². The van der Waals surface area contributed by atoms with E-state index >= 15 is 0 Å². The molecule has 3 rings (SSSR count). The first-order chi connectivity index (χ1) is 9.47. The van der Waals surface area contributed by atoms with E-state index in [1.165, 1.54) is 4.57 Å². The van der Waals surface area contributed by atoms with Crippen LogP contribution in [0, 0.1) is 15.2 Å². The first kappa shape index (κ1) is 13.7. The van der Waals surface area contributed by atoms with Crippen LogP contribution in [0.5, 0.6) is 0 Å². The van der Waals surface area contributed by atoms with Gasteiger partial charge in [-0.1, -0.05) is 0 Å². The Kier molecular flexibility index (Phi) is 3.41. The van der Waals surface area contributed by atoms with E-state index in [9.17, 15) is 8.78 Å². The summed E-state index contributed by atoms with van der Waals surface area (Å²) >= 11 is 5.10. The molecule has 0 atom stereocenters. The number of anilines is 1. The quantitative estimate of drug-likeness (QED) is 0.445. The number of fused-ring (bicyclic) bond motifs is 1. The minimum absolute atomic E-state index is 0.0342. The summed E-state index contributed by atoms with van der Waals surface area (Å²) in [5.74, 6) is -1.03. The molecule has 0 bridgehead atoms. The van der Waals surface area contributed by atoms with Crippen LogP contribution in [0.4, 0.5) is 14.7 Å². The van der Waals surface area contributed by atoms with Crippen molar-refractivity contribution in [3.63, 3.8) is 0 Å². The second-order valence-electron chi connectivity index (χ2n) is 4.16. The van der Waals surface area contributed by atoms with Gasteiger partial charge in [-0.3, -0.25) is 4.57 Å². The van der Waals surface area contributed by atoms with E-state index < -0.39 is 11.6 Å². The predicted octanol–water partition coefficient (Wildman–Crippen LogP) is 4.25. The number of hydrogen-bond acceptors (Lipinski definition) is 2. The zero-order chi connectivity index (χ0) is 14.4. The Morgan fingerprint density at radius 3 is 2.65 bits per heavy atom. The highest BCUT2D eigenvalue weighted by Crippen LogP contribution is 2.28. The molecular weight excluding hydrogens is 443 g/mol. The average Bonchev–Trinajstić information content (AvgIpc) is 2.69. The normalized spacial score (nSPS) is 11.2. The van der Waals surface area contributed by atoms with Crippen LogP contribution in [0.3, 0.4) is 0 Å². The van der Waals surface area contributed by atoms with Crippen LogP contribution in [0.15, 0.2) is 34.8 Å². The summed E-state index contributed by atoms with van der Waals surface area (Å²) in [5, 5.41) is 0. The summed E-state index contributed by atoms with van der Waals surface area (Å²) in [5.41, 5.74) is 7.14. The van der Waals surface area contributed by atoms with Gasteiger partial charge in [0.25, 0.3) is 0 Å². The Morgan fingerprint density at radius 1 is 1.15 bits per heavy atom. The van der Waals surface area contributed by atoms with E-state index in [4.69, 9.17) is 5.73 Å². The van der Waals surface area contributed by atoms with Gasteiger partial charge >= 0.3 is 0 Å². The maximum Gasteiger partial charge on any atom is 0.206 e. The van der Waals surface area contributed by atoms with Gasteiger partial charge in [0.05, 0.1) is 21.2 Å². The summed E-state index contributed by atoms with van der Waals surface area (Å²) in [7, 11) is 0. The van der Waals surface area contributed by atoms with Crippen LogP contribution < -0.4 is 5.73 Å². The van der Waals surface area contributed by atoms with Crippen LogP contribution in [-0.4, -0.2) is 9.55 Å². The smallest absolute Gasteiger partial charge is 0.206 e. The van der Waals surface area contributed by atoms with Crippen molar-refractivity contribution >= 4 is 55.5 Å². The molecule has 0 amide bonds. The fourth-order valence-electron chi connectivity index (χ4n) is 2.01. The van der Waals surface area contributed by atoms with Crippen molar-refractivity contribution in [1.82, 2.24) is 9.55 Å². The molecule has 0 aliphatic carbocycles. The van der Waals surface area contributed by atoms with E-state index in [-0.39, 0.29) is 16.1 Å². The van der Waals surface area contributed by atoms with Gasteiger partial charge in [0.2, 0.25) is 5.95 Å². The Bertz CT molecular complexity index is 832. The van der Waals surface area contributed by atoms with E-state index in [1.54, 1.807) is 6.07 Å². The maximum atomic E-state index is 14.1. The molecule has 0 aliphatic rings. The Labute approximate surface area is 135 Å². The number of nitrogens with two attached hydrogens (primary N) is 1. The van der Waals surface area contributed by atoms with Gasteiger partial charge in [-0.2, -0.15) is 0 Å². The number of nitrogens with zero attached hydrogens (tertiary/aromatic N) is 2. The van der Waals surface area contributed by atoms with Gasteiger partial charge in [0.15, 0.2) is 0 Å². The van der Waals surface area contributed by atoms with Gasteiger partial charge in [-0.25, -0.2) is 13.8 Å². The molecule has 0 saturated heterocycles. The highest BCUT2D eigenvalue weighted by molar-refractivity contribution is 14.1. The first-order valence-corrected chi connectivity index (χ1v) is 7.43. The molecule has 0 radical (unpaired) electrons. The topological polar surface area (TPSA) is 43.8 Å². The zero-order valence-electron chi connectivity index (χ0n) is 9.87. The van der Waals surface area contributed by atoms with E-state index in [0.29, 0.717) is 11.0 Å². The predicted molar refractivity (Wildman–Crippen MR) is 85.8 cm³/mol. The molecule has 102 valence electrons. The second kappa shape index (κ2) is 4.96. The summed E-state index contributed by atoms with van der Waals surface area (Å²) in [6, 6.07) is 7.63. The zero-order valence-corrected chi connectivity index (χ0v) is 13.6. The van der Waals surface area contributed by atoms with E-state index in [0.717, 1.165) is 15.7 Å². The van der Waals surface area contributed by atoms with Crippen molar-refractivity contribution in [3.05, 3.63) is 50.0 Å². The molecule has 3 nitrogen and oxygen atoms in total. The summed E-state index contributed by atoms with van der Waals surface area (Å²) in [4.78, 5) is 4.18. The lowest BCUT2D eigenvalue weighted by atomic mass is 10.2. The summed E-state index contributed by atoms with van der Waals surface area (Å²) in [6.45, 7) is 0. The lowest BCUT2D eigenvalue weighted by Gasteiger charge is -2.09. The van der Waals surface area contributed by atoms with Crippen molar-refractivity contribution in [3.8, 4) is 5.69 Å². The lowest BCUT2D eigenvalue weighted by molar-refractivity contribution is 0.589. The lowest BCUT2D eigenvalue weighted by Crippen LogP contribution is -2.04. The third-order valence-electron chi connectivity index (χ3n) is 2.87. The van der Waals surface area contributed by atoms with Gasteiger partial charge in [-0.05, 0) is 62.8 Å². The highest BCUT2D eigenvalue weighted by Gasteiger charge is 2.16. The SMILES string of the molecule is Nc1nc2cc(I)ccc2n1-c1cc(F)c(Br)cc1F. The number of rotatable bonds is 1. The third-order valence-corrected chi connectivity index (χ3v) is 4.15. The minimum Gasteiger partial charge on any atom is -0.369 e. The number of halogens is 4. The Balaban J connectivity index is 2.35. The minimum atomic E-state index is -0.581. The number of nitrogen functional groups attached to an aromatic ring is 1. The molecule has 2 N–H and O–H groups in total. The number of benzene rings is 2. The molecule has 0 fully saturated rings. The molecule has 1 aromatic heterocycles. The highest BCUT2D eigenvalue weighted by atomic mass is 127. The number of hydrogen-bond donors (Lipinski definition) is 1. The first-order valence-electron chi connectivity index (χ1n) is 5.56. The van der Waals surface area contributed by atoms with Gasteiger partial charge in [0.1, 0.15) is 11.6 Å². The second-order valence-corrected chi connectivity index (χ2v) is 6.26. The van der Waals surface area contributed by atoms with Crippen molar-refractivity contribution in [2.75, 3.05) is 5.73 Å². The summed E-state index contributed by atoms with van der Waals surface area (Å²) < 4.78 is 30.2. The fraction of sp³-hybridized carbons (Fsp3) is 0. The van der Waals surface area contributed by atoms with Crippen LogP contribution in [0.2, 0.25) is 0 Å². The largest absolute Gasteiger partial charge is 0.369 e. The average molecular weight is 450 g/mol. The van der Waals surface area contributed by atoms with Crippen molar-refractivity contribution in [2.45, 2.75) is 0 Å². The molecule has 0 unspecified atom stereocenters. The third kappa shape index (κ3) is 2.18. The van der Waals surface area contributed by atoms with Crippen LogP contribution in [0.25, 0.3) is 16.7 Å². The maximum absolute atomic E-state index is 14.1. The monoisotopic (exact) mass is 449 g/mol. The molecular formula is C13H7BrF2IN3. The van der Waals surface area contributed by atoms with Gasteiger partial charge in [0, 0.05) is 9.64 Å². The number of aromatic nitrogens is 2. The van der Waals surface area contributed by atoms with Crippen molar-refractivity contribution in [2.24, 2.45) is 0 Å². The summed E-state index contributed by atoms with van der Waals surface area (Å²) in [6.07, 6.45) is 0. The van der Waals surface area contributed by atoms with Crippen molar-refractivity contribution in [1.29, 1.82) is 0 Å². The molecule has 3 aromatic rings. The Hall–Kier alpha value is -1.22. The molecule has 2 aromatic carbocycles. The number of imidazole rings is 1. The van der Waals surface area contributed by atoms with Gasteiger partial charge < -0.3 is 5.73 Å². The Morgan fingerprint density at radius 2 is 1.90 bits per heavy atom. The molecule has 0 saturated carbocycles. The van der Waals surface area contributed by atoms with Crippen LogP contribution in [0.1, 0.15) is 0 Å². The van der Waals surface area contributed by atoms with Crippen molar-refractivity contribution < 1.29 is 8.78 Å². The van der Waals surface area contributed by atoms with Crippen LogP contribution >= 0.6 is 38.5 Å². The molecule has 0 aliphatic heterocycles. The molecule has 0 spiro atoms. The molecule has 7 heteroatoms. The van der Waals surface area contributed by atoms with Gasteiger partial charge in [-0.15, -0.1) is 0 Å². The van der Waals surface area contributed by atoms with Crippen LogP contribution in [-0.2, 0) is 0 Å². The standard InChI is InChI=1S/C13H7BrF2IN3/c14-7-4-9(16)12(5-8(7)15)20-11-2-1-6(17)3-10(11)19-13(20)18/h1-5H,(H2,18,19). The fourth-order valence-corrected chi connectivity index (χ4v) is 2.80.